The quantitative estimate of drug-likeness (QED) is 0.364. The van der Waals surface area contributed by atoms with Gasteiger partial charge in [0.05, 0.1) is 12.0 Å². The second kappa shape index (κ2) is 9.48. The van der Waals surface area contributed by atoms with Crippen LogP contribution in [0.1, 0.15) is 42.1 Å². The standard InChI is InChI=1S/C25H25N3O6/c1-16(29)28-12-11-25(14-20(28)24(32)26-18-5-3-2-4-6-18)15-21(30)19-13-17(7-9-22(19)34-25)8-10-23(31)27-33/h2-10,13,20,33H,11-12,14-15H2,1H3,(H,26,32)(H,27,31). The molecule has 176 valence electrons. The van der Waals surface area contributed by atoms with Crippen LogP contribution in [0, 0.1) is 0 Å². The van der Waals surface area contributed by atoms with Crippen molar-refractivity contribution in [1.29, 1.82) is 0 Å². The van der Waals surface area contributed by atoms with Gasteiger partial charge >= 0.3 is 0 Å². The van der Waals surface area contributed by atoms with Crippen molar-refractivity contribution in [1.82, 2.24) is 10.4 Å². The molecule has 2 aromatic rings. The SMILES string of the molecule is CC(=O)N1CCC2(CC(=O)c3cc(C=CC(=O)NO)ccc3O2)CC1C(=O)Nc1ccccc1. The molecule has 2 unspecified atom stereocenters. The van der Waals surface area contributed by atoms with Crippen LogP contribution in [0.2, 0.25) is 0 Å². The molecular formula is C25H25N3O6. The van der Waals surface area contributed by atoms with E-state index in [9.17, 15) is 19.2 Å². The van der Waals surface area contributed by atoms with Crippen molar-refractivity contribution in [3.05, 3.63) is 65.7 Å². The first kappa shape index (κ1) is 23.2. The van der Waals surface area contributed by atoms with E-state index in [1.54, 1.807) is 42.5 Å². The Kier molecular flexibility index (Phi) is 6.47. The Hall–Kier alpha value is -3.98. The average molecular weight is 463 g/mol. The largest absolute Gasteiger partial charge is 0.486 e. The lowest BCUT2D eigenvalue weighted by molar-refractivity contribution is -0.144. The average Bonchev–Trinajstić information content (AvgIpc) is 2.83. The number of nitrogens with zero attached hydrogens (tertiary/aromatic N) is 1. The summed E-state index contributed by atoms with van der Waals surface area (Å²) in [5.41, 5.74) is 2.21. The van der Waals surface area contributed by atoms with Crippen molar-refractivity contribution in [2.24, 2.45) is 0 Å². The molecule has 2 aromatic carbocycles. The van der Waals surface area contributed by atoms with Gasteiger partial charge in [0, 0.05) is 38.1 Å². The van der Waals surface area contributed by atoms with E-state index in [0.717, 1.165) is 6.08 Å². The monoisotopic (exact) mass is 463 g/mol. The molecule has 4 rings (SSSR count). The topological polar surface area (TPSA) is 125 Å². The Labute approximate surface area is 196 Å². The van der Waals surface area contributed by atoms with E-state index in [2.05, 4.69) is 5.32 Å². The summed E-state index contributed by atoms with van der Waals surface area (Å²) in [5, 5.41) is 11.5. The summed E-state index contributed by atoms with van der Waals surface area (Å²) in [7, 11) is 0. The fourth-order valence-electron chi connectivity index (χ4n) is 4.48. The molecule has 1 fully saturated rings. The highest BCUT2D eigenvalue weighted by atomic mass is 16.5. The fourth-order valence-corrected chi connectivity index (χ4v) is 4.48. The summed E-state index contributed by atoms with van der Waals surface area (Å²) in [4.78, 5) is 51.2. The maximum atomic E-state index is 13.1. The van der Waals surface area contributed by atoms with Gasteiger partial charge in [0.25, 0.3) is 5.91 Å². The first-order valence-electron chi connectivity index (χ1n) is 10.9. The number of carbonyl (C=O) groups excluding carboxylic acids is 4. The molecule has 0 radical (unpaired) electrons. The first-order valence-corrected chi connectivity index (χ1v) is 10.9. The Balaban J connectivity index is 1.57. The summed E-state index contributed by atoms with van der Waals surface area (Å²) in [6, 6.07) is 13.2. The van der Waals surface area contributed by atoms with Crippen molar-refractivity contribution in [3.8, 4) is 5.75 Å². The fraction of sp³-hybridized carbons (Fsp3) is 0.280. The smallest absolute Gasteiger partial charge is 0.267 e. The summed E-state index contributed by atoms with van der Waals surface area (Å²) in [5.74, 6) is -0.963. The highest BCUT2D eigenvalue weighted by Crippen LogP contribution is 2.41. The molecule has 2 atom stereocenters. The van der Waals surface area contributed by atoms with Gasteiger partial charge in [-0.3, -0.25) is 24.4 Å². The number of nitrogens with one attached hydrogen (secondary N) is 2. The molecule has 0 bridgehead atoms. The number of ketones is 1. The number of carbonyl (C=O) groups is 4. The molecule has 3 N–H and O–H groups in total. The van der Waals surface area contributed by atoms with Gasteiger partial charge in [-0.05, 0) is 35.9 Å². The predicted molar refractivity (Wildman–Crippen MR) is 123 cm³/mol. The lowest BCUT2D eigenvalue weighted by Crippen LogP contribution is -2.59. The lowest BCUT2D eigenvalue weighted by atomic mass is 9.79. The highest BCUT2D eigenvalue weighted by molar-refractivity contribution is 6.02. The minimum absolute atomic E-state index is 0.0746. The third-order valence-corrected chi connectivity index (χ3v) is 6.15. The van der Waals surface area contributed by atoms with Crippen LogP contribution in [0.15, 0.2) is 54.6 Å². The van der Waals surface area contributed by atoms with Crippen LogP contribution < -0.4 is 15.5 Å². The van der Waals surface area contributed by atoms with Crippen molar-refractivity contribution in [2.75, 3.05) is 11.9 Å². The second-order valence-corrected chi connectivity index (χ2v) is 8.49. The van der Waals surface area contributed by atoms with E-state index in [1.165, 1.54) is 23.4 Å². The van der Waals surface area contributed by atoms with Crippen LogP contribution in [0.3, 0.4) is 0 Å². The molecule has 1 spiro atoms. The maximum absolute atomic E-state index is 13.1. The van der Waals surface area contributed by atoms with Gasteiger partial charge in [-0.15, -0.1) is 0 Å². The number of para-hydroxylation sites is 1. The van der Waals surface area contributed by atoms with Gasteiger partial charge in [-0.2, -0.15) is 0 Å². The van der Waals surface area contributed by atoms with E-state index >= 15 is 0 Å². The molecule has 2 heterocycles. The molecule has 2 aliphatic heterocycles. The van der Waals surface area contributed by atoms with Gasteiger partial charge in [0.15, 0.2) is 5.78 Å². The molecule has 9 nitrogen and oxygen atoms in total. The number of anilines is 1. The number of Topliss-reactive ketones (excluding diaryl/α,β-unsaturated/α-hetero) is 1. The van der Waals surface area contributed by atoms with Gasteiger partial charge in [0.2, 0.25) is 11.8 Å². The molecular weight excluding hydrogens is 438 g/mol. The summed E-state index contributed by atoms with van der Waals surface area (Å²) in [6.45, 7) is 1.72. The number of hydroxylamine groups is 1. The Morgan fingerprint density at radius 1 is 1.18 bits per heavy atom. The van der Waals surface area contributed by atoms with E-state index < -0.39 is 17.6 Å². The molecule has 0 saturated carbocycles. The molecule has 3 amide bonds. The van der Waals surface area contributed by atoms with Crippen LogP contribution >= 0.6 is 0 Å². The Bertz CT molecular complexity index is 1160. The summed E-state index contributed by atoms with van der Waals surface area (Å²) < 4.78 is 6.31. The van der Waals surface area contributed by atoms with Gasteiger partial charge in [0.1, 0.15) is 17.4 Å². The molecule has 2 aliphatic rings. The van der Waals surface area contributed by atoms with Gasteiger partial charge < -0.3 is 15.0 Å². The minimum atomic E-state index is -0.900. The maximum Gasteiger partial charge on any atom is 0.267 e. The first-order chi connectivity index (χ1) is 16.3. The summed E-state index contributed by atoms with van der Waals surface area (Å²) >= 11 is 0. The number of ether oxygens (including phenoxy) is 1. The molecule has 0 aliphatic carbocycles. The zero-order valence-corrected chi connectivity index (χ0v) is 18.6. The zero-order valence-electron chi connectivity index (χ0n) is 18.6. The lowest BCUT2D eigenvalue weighted by Gasteiger charge is -2.47. The highest BCUT2D eigenvalue weighted by Gasteiger charge is 2.49. The molecule has 34 heavy (non-hydrogen) atoms. The molecule has 0 aromatic heterocycles. The van der Waals surface area contributed by atoms with Crippen molar-refractivity contribution < 1.29 is 29.1 Å². The number of rotatable bonds is 4. The van der Waals surface area contributed by atoms with Crippen LogP contribution in [0.4, 0.5) is 5.69 Å². The number of hydrogen-bond donors (Lipinski definition) is 3. The second-order valence-electron chi connectivity index (χ2n) is 8.49. The van der Waals surface area contributed by atoms with Gasteiger partial charge in [-0.25, -0.2) is 5.48 Å². The van der Waals surface area contributed by atoms with E-state index in [-0.39, 0.29) is 30.4 Å². The normalized spacial score (nSPS) is 21.6. The number of piperidine rings is 1. The third kappa shape index (κ3) is 4.84. The van der Waals surface area contributed by atoms with Crippen LogP contribution in [-0.4, -0.2) is 51.8 Å². The molecule has 1 saturated heterocycles. The third-order valence-electron chi connectivity index (χ3n) is 6.15. The van der Waals surface area contributed by atoms with Crippen LogP contribution in [0.5, 0.6) is 5.75 Å². The number of hydrogen-bond acceptors (Lipinski definition) is 6. The van der Waals surface area contributed by atoms with E-state index in [1.807, 2.05) is 6.07 Å². The summed E-state index contributed by atoms with van der Waals surface area (Å²) in [6.07, 6.45) is 3.30. The van der Waals surface area contributed by atoms with Gasteiger partial charge in [-0.1, -0.05) is 24.3 Å². The van der Waals surface area contributed by atoms with Crippen LogP contribution in [-0.2, 0) is 14.4 Å². The number of likely N-dealkylation sites (tertiary alicyclic amines) is 1. The Morgan fingerprint density at radius 3 is 2.65 bits per heavy atom. The van der Waals surface area contributed by atoms with E-state index in [0.29, 0.717) is 35.5 Å². The van der Waals surface area contributed by atoms with Crippen molar-refractivity contribution in [2.45, 2.75) is 37.8 Å². The number of amides is 3. The zero-order chi connectivity index (χ0) is 24.3. The minimum Gasteiger partial charge on any atom is -0.486 e. The molecule has 9 heteroatoms. The van der Waals surface area contributed by atoms with E-state index in [4.69, 9.17) is 9.94 Å². The predicted octanol–water partition coefficient (Wildman–Crippen LogP) is 2.56. The van der Waals surface area contributed by atoms with Crippen LogP contribution in [0.25, 0.3) is 6.08 Å². The van der Waals surface area contributed by atoms with Crippen molar-refractivity contribution >= 4 is 35.3 Å². The number of benzene rings is 2. The van der Waals surface area contributed by atoms with Crippen molar-refractivity contribution in [3.63, 3.8) is 0 Å². The number of fused-ring (bicyclic) bond motifs is 1. The Morgan fingerprint density at radius 2 is 1.94 bits per heavy atom.